The molecule has 5 heteroatoms. The van der Waals surface area contributed by atoms with Gasteiger partial charge in [0.25, 0.3) is 5.91 Å². The van der Waals surface area contributed by atoms with E-state index in [-0.39, 0.29) is 5.70 Å². The van der Waals surface area contributed by atoms with Crippen LogP contribution >= 0.6 is 0 Å². The van der Waals surface area contributed by atoms with Gasteiger partial charge in [0.2, 0.25) is 0 Å². The quantitative estimate of drug-likeness (QED) is 0.766. The molecule has 1 amide bonds. The molecule has 0 aromatic heterocycles. The van der Waals surface area contributed by atoms with Gasteiger partial charge in [0.05, 0.1) is 6.61 Å². The second-order valence-electron chi connectivity index (χ2n) is 5.10. The van der Waals surface area contributed by atoms with Crippen LogP contribution < -0.4 is 10.1 Å². The predicted molar refractivity (Wildman–Crippen MR) is 91.7 cm³/mol. The van der Waals surface area contributed by atoms with E-state index in [2.05, 4.69) is 5.32 Å². The summed E-state index contributed by atoms with van der Waals surface area (Å²) in [6.45, 7) is 2.65. The molecule has 0 fully saturated rings. The molecule has 0 unspecified atom stereocenters. The summed E-state index contributed by atoms with van der Waals surface area (Å²) in [6, 6.07) is 15.5. The lowest BCUT2D eigenvalue weighted by molar-refractivity contribution is -0.132. The van der Waals surface area contributed by atoms with E-state index in [4.69, 9.17) is 4.74 Å². The number of aliphatic carboxylic acids is 1. The number of carboxylic acid groups (broad SMARTS) is 1. The van der Waals surface area contributed by atoms with Gasteiger partial charge in [-0.2, -0.15) is 0 Å². The number of hydrogen-bond donors (Lipinski definition) is 2. The summed E-state index contributed by atoms with van der Waals surface area (Å²) in [5.41, 5.74) is 0.864. The molecule has 0 saturated heterocycles. The average molecular weight is 325 g/mol. The van der Waals surface area contributed by atoms with Crippen LogP contribution in [0, 0.1) is 0 Å². The van der Waals surface area contributed by atoms with Gasteiger partial charge in [0.15, 0.2) is 0 Å². The molecule has 0 aliphatic carbocycles. The SMILES string of the molecule is CCCOc1ccc(C=C(NC(=O)c2ccccc2)C(=O)O)cc1. The van der Waals surface area contributed by atoms with Crippen molar-refractivity contribution in [3.8, 4) is 5.75 Å². The van der Waals surface area contributed by atoms with Crippen molar-refractivity contribution >= 4 is 18.0 Å². The minimum absolute atomic E-state index is 0.189. The number of carbonyl (C=O) groups excluding carboxylic acids is 1. The maximum Gasteiger partial charge on any atom is 0.352 e. The summed E-state index contributed by atoms with van der Waals surface area (Å²) in [7, 11) is 0. The van der Waals surface area contributed by atoms with Crippen molar-refractivity contribution in [3.05, 3.63) is 71.4 Å². The Labute approximate surface area is 140 Å². The Hall–Kier alpha value is -3.08. The van der Waals surface area contributed by atoms with E-state index in [0.29, 0.717) is 17.7 Å². The average Bonchev–Trinajstić information content (AvgIpc) is 2.61. The fraction of sp³-hybridized carbons (Fsp3) is 0.158. The number of amides is 1. The van der Waals surface area contributed by atoms with E-state index in [1.54, 1.807) is 54.6 Å². The van der Waals surface area contributed by atoms with Gasteiger partial charge in [-0.3, -0.25) is 4.79 Å². The molecule has 2 rings (SSSR count). The second kappa shape index (κ2) is 8.53. The molecule has 2 aromatic carbocycles. The maximum absolute atomic E-state index is 12.1. The summed E-state index contributed by atoms with van der Waals surface area (Å²) in [5.74, 6) is -0.947. The fourth-order valence-electron chi connectivity index (χ4n) is 1.98. The highest BCUT2D eigenvalue weighted by molar-refractivity contribution is 6.02. The number of carboxylic acids is 1. The van der Waals surface area contributed by atoms with Crippen molar-refractivity contribution in [2.75, 3.05) is 6.61 Å². The minimum Gasteiger partial charge on any atom is -0.494 e. The molecule has 2 N–H and O–H groups in total. The standard InChI is InChI=1S/C19H19NO4/c1-2-12-24-16-10-8-14(9-11-16)13-17(19(22)23)20-18(21)15-6-4-3-5-7-15/h3-11,13H,2,12H2,1H3,(H,20,21)(H,22,23). The molecule has 5 nitrogen and oxygen atoms in total. The third kappa shape index (κ3) is 4.98. The lowest BCUT2D eigenvalue weighted by Gasteiger charge is -2.07. The van der Waals surface area contributed by atoms with Crippen LogP contribution in [0.4, 0.5) is 0 Å². The van der Waals surface area contributed by atoms with Crippen molar-refractivity contribution in [1.82, 2.24) is 5.32 Å². The van der Waals surface area contributed by atoms with E-state index < -0.39 is 11.9 Å². The Morgan fingerprint density at radius 1 is 1.08 bits per heavy atom. The van der Waals surface area contributed by atoms with Gasteiger partial charge >= 0.3 is 5.97 Å². The van der Waals surface area contributed by atoms with Crippen molar-refractivity contribution in [3.63, 3.8) is 0 Å². The van der Waals surface area contributed by atoms with E-state index in [1.165, 1.54) is 6.08 Å². The molecular formula is C19H19NO4. The van der Waals surface area contributed by atoms with Crippen molar-refractivity contribution in [2.24, 2.45) is 0 Å². The second-order valence-corrected chi connectivity index (χ2v) is 5.10. The Morgan fingerprint density at radius 2 is 1.75 bits per heavy atom. The first-order chi connectivity index (χ1) is 11.6. The van der Waals surface area contributed by atoms with Gasteiger partial charge < -0.3 is 15.2 Å². The first kappa shape index (κ1) is 17.3. The van der Waals surface area contributed by atoms with E-state index in [9.17, 15) is 14.7 Å². The molecule has 0 bridgehead atoms. The molecule has 0 atom stereocenters. The molecule has 0 aliphatic heterocycles. The number of ether oxygens (including phenoxy) is 1. The summed E-state index contributed by atoms with van der Waals surface area (Å²) in [5, 5.41) is 11.7. The molecule has 0 heterocycles. The van der Waals surface area contributed by atoms with Crippen molar-refractivity contribution < 1.29 is 19.4 Å². The van der Waals surface area contributed by atoms with Gasteiger partial charge in [0, 0.05) is 5.56 Å². The Morgan fingerprint density at radius 3 is 2.33 bits per heavy atom. The summed E-state index contributed by atoms with van der Waals surface area (Å²) in [6.07, 6.45) is 2.32. The zero-order valence-electron chi connectivity index (χ0n) is 13.4. The highest BCUT2D eigenvalue weighted by atomic mass is 16.5. The zero-order chi connectivity index (χ0) is 17.4. The molecule has 2 aromatic rings. The fourth-order valence-corrected chi connectivity index (χ4v) is 1.98. The van der Waals surface area contributed by atoms with Gasteiger partial charge in [-0.25, -0.2) is 4.79 Å². The summed E-state index contributed by atoms with van der Waals surface area (Å²) < 4.78 is 5.48. The molecule has 24 heavy (non-hydrogen) atoms. The molecule has 0 spiro atoms. The first-order valence-electron chi connectivity index (χ1n) is 7.64. The summed E-state index contributed by atoms with van der Waals surface area (Å²) >= 11 is 0. The number of nitrogens with one attached hydrogen (secondary N) is 1. The highest BCUT2D eigenvalue weighted by Crippen LogP contribution is 2.14. The Bertz CT molecular complexity index is 721. The molecular weight excluding hydrogens is 306 g/mol. The van der Waals surface area contributed by atoms with Crippen LogP contribution in [0.3, 0.4) is 0 Å². The van der Waals surface area contributed by atoms with Gasteiger partial charge in [-0.1, -0.05) is 37.3 Å². The first-order valence-corrected chi connectivity index (χ1v) is 7.64. The van der Waals surface area contributed by atoms with Crippen LogP contribution in [0.2, 0.25) is 0 Å². The van der Waals surface area contributed by atoms with Crippen molar-refractivity contribution in [2.45, 2.75) is 13.3 Å². The number of hydrogen-bond acceptors (Lipinski definition) is 3. The van der Waals surface area contributed by atoms with E-state index in [0.717, 1.165) is 12.2 Å². The van der Waals surface area contributed by atoms with E-state index >= 15 is 0 Å². The zero-order valence-corrected chi connectivity index (χ0v) is 13.4. The lowest BCUT2D eigenvalue weighted by Crippen LogP contribution is -2.27. The van der Waals surface area contributed by atoms with Crippen LogP contribution in [-0.4, -0.2) is 23.6 Å². The minimum atomic E-state index is -1.20. The highest BCUT2D eigenvalue weighted by Gasteiger charge is 2.13. The number of carbonyl (C=O) groups is 2. The monoisotopic (exact) mass is 325 g/mol. The normalized spacial score (nSPS) is 11.0. The van der Waals surface area contributed by atoms with Crippen LogP contribution in [0.15, 0.2) is 60.3 Å². The lowest BCUT2D eigenvalue weighted by atomic mass is 10.1. The van der Waals surface area contributed by atoms with Gasteiger partial charge in [-0.15, -0.1) is 0 Å². The number of rotatable bonds is 7. The molecule has 0 aliphatic rings. The summed E-state index contributed by atoms with van der Waals surface area (Å²) in [4.78, 5) is 23.5. The maximum atomic E-state index is 12.1. The molecule has 124 valence electrons. The smallest absolute Gasteiger partial charge is 0.352 e. The third-order valence-electron chi connectivity index (χ3n) is 3.18. The predicted octanol–water partition coefficient (Wildman–Crippen LogP) is 3.33. The van der Waals surface area contributed by atoms with Crippen LogP contribution in [0.1, 0.15) is 29.3 Å². The van der Waals surface area contributed by atoms with Crippen molar-refractivity contribution in [1.29, 1.82) is 0 Å². The molecule has 0 saturated carbocycles. The van der Waals surface area contributed by atoms with Crippen LogP contribution in [0.25, 0.3) is 6.08 Å². The Kier molecular flexibility index (Phi) is 6.14. The topological polar surface area (TPSA) is 75.6 Å². The van der Waals surface area contributed by atoms with Gasteiger partial charge in [-0.05, 0) is 42.3 Å². The van der Waals surface area contributed by atoms with Crippen LogP contribution in [-0.2, 0) is 4.79 Å². The van der Waals surface area contributed by atoms with E-state index in [1.807, 2.05) is 6.92 Å². The number of benzene rings is 2. The third-order valence-corrected chi connectivity index (χ3v) is 3.18. The molecule has 0 radical (unpaired) electrons. The van der Waals surface area contributed by atoms with Crippen LogP contribution in [0.5, 0.6) is 5.75 Å². The largest absolute Gasteiger partial charge is 0.494 e. The Balaban J connectivity index is 2.13. The van der Waals surface area contributed by atoms with Gasteiger partial charge in [0.1, 0.15) is 11.4 Å².